The lowest BCUT2D eigenvalue weighted by atomic mass is 9.93. The Morgan fingerprint density at radius 1 is 1.03 bits per heavy atom. The summed E-state index contributed by atoms with van der Waals surface area (Å²) < 4.78 is 54.9. The number of rotatable bonds is 8. The molecule has 2 aliphatic heterocycles. The molecule has 4 rings (SSSR count). The van der Waals surface area contributed by atoms with Gasteiger partial charge in [0, 0.05) is 44.6 Å². The minimum atomic E-state index is -4.32. The molecule has 0 atom stereocenters. The number of carbonyl (C=O) groups excluding carboxylic acids is 1. The number of aryl methyl sites for hydroxylation is 1. The second-order valence-electron chi connectivity index (χ2n) is 10.4. The molecule has 1 amide bonds. The van der Waals surface area contributed by atoms with Gasteiger partial charge < -0.3 is 16.4 Å². The van der Waals surface area contributed by atoms with E-state index in [0.29, 0.717) is 43.5 Å². The molecule has 0 bridgehead atoms. The van der Waals surface area contributed by atoms with Crippen LogP contribution in [-0.4, -0.2) is 63.7 Å². The summed E-state index contributed by atoms with van der Waals surface area (Å²) in [5.41, 5.74) is 12.4. The molecule has 2 saturated heterocycles. The van der Waals surface area contributed by atoms with Crippen molar-refractivity contribution in [3.05, 3.63) is 58.5 Å². The normalized spacial score (nSPS) is 19.0. The number of fused-ring (bicyclic) bond motifs is 1. The molecule has 12 heteroatoms. The first-order valence-corrected chi connectivity index (χ1v) is 13.4. The molecular formula is C27H36F4N6O2. The zero-order valence-electron chi connectivity index (χ0n) is 21.9. The molecule has 2 fully saturated rings. The number of alkyl halides is 3. The molecule has 0 aliphatic carbocycles. The van der Waals surface area contributed by atoms with E-state index in [1.807, 2.05) is 4.90 Å². The molecule has 0 unspecified atom stereocenters. The van der Waals surface area contributed by atoms with Gasteiger partial charge in [-0.05, 0) is 87.4 Å². The lowest BCUT2D eigenvalue weighted by molar-refractivity contribution is -0.138. The minimum absolute atomic E-state index is 0.0607. The van der Waals surface area contributed by atoms with Crippen LogP contribution in [0.1, 0.15) is 44.6 Å². The van der Waals surface area contributed by atoms with Gasteiger partial charge in [-0.2, -0.15) is 13.2 Å². The van der Waals surface area contributed by atoms with Crippen molar-refractivity contribution in [3.8, 4) is 0 Å². The number of imidazole rings is 1. The van der Waals surface area contributed by atoms with Crippen LogP contribution in [0.4, 0.5) is 17.6 Å². The predicted octanol–water partition coefficient (Wildman–Crippen LogP) is 3.48. The van der Waals surface area contributed by atoms with E-state index < -0.39 is 24.1 Å². The van der Waals surface area contributed by atoms with E-state index in [-0.39, 0.29) is 30.8 Å². The highest BCUT2D eigenvalue weighted by Gasteiger charge is 2.33. The molecule has 2 aliphatic rings. The summed E-state index contributed by atoms with van der Waals surface area (Å²) >= 11 is 0. The predicted molar refractivity (Wildman–Crippen MR) is 141 cm³/mol. The Hall–Kier alpha value is -3.28. The topological polar surface area (TPSA) is 103 Å². The van der Waals surface area contributed by atoms with Crippen molar-refractivity contribution in [1.82, 2.24) is 18.9 Å². The van der Waals surface area contributed by atoms with Crippen LogP contribution in [0, 0.1) is 11.7 Å². The first-order chi connectivity index (χ1) is 18.6. The smallest absolute Gasteiger partial charge is 0.389 e. The average Bonchev–Trinajstić information content (AvgIpc) is 3.18. The number of amides is 1. The number of hydrogen-bond acceptors (Lipinski definition) is 5. The zero-order valence-corrected chi connectivity index (χ0v) is 21.9. The standard InChI is InChI=1S/C27H36F4N6O2/c28-21-2-3-23-24(16-21)36(11-1-9-27(29,30)31)26(39)37(23)22-7-14-35(15-8-22)25(38)20-5-12-34(13-6-20)18-19(17-33)4-10-32/h2-4,10,16-17,20,22H,1,5-9,11-15,18,32-33H2/b10-4-,19-17?. The highest BCUT2D eigenvalue weighted by molar-refractivity contribution is 5.79. The largest absolute Gasteiger partial charge is 0.405 e. The Balaban J connectivity index is 1.39. The van der Waals surface area contributed by atoms with Crippen LogP contribution >= 0.6 is 0 Å². The Morgan fingerprint density at radius 2 is 1.72 bits per heavy atom. The van der Waals surface area contributed by atoms with Crippen molar-refractivity contribution in [3.63, 3.8) is 0 Å². The van der Waals surface area contributed by atoms with Gasteiger partial charge in [0.2, 0.25) is 5.91 Å². The summed E-state index contributed by atoms with van der Waals surface area (Å²) in [5, 5.41) is 0. The van der Waals surface area contributed by atoms with Gasteiger partial charge in [-0.1, -0.05) is 0 Å². The van der Waals surface area contributed by atoms with E-state index in [1.165, 1.54) is 35.2 Å². The number of halogens is 4. The van der Waals surface area contributed by atoms with Crippen LogP contribution in [0.2, 0.25) is 0 Å². The van der Waals surface area contributed by atoms with Crippen molar-refractivity contribution < 1.29 is 22.4 Å². The van der Waals surface area contributed by atoms with Crippen molar-refractivity contribution in [1.29, 1.82) is 0 Å². The Kier molecular flexibility index (Phi) is 9.04. The molecule has 0 spiro atoms. The van der Waals surface area contributed by atoms with Crippen LogP contribution in [0.3, 0.4) is 0 Å². The van der Waals surface area contributed by atoms with Crippen LogP contribution in [-0.2, 0) is 11.3 Å². The van der Waals surface area contributed by atoms with Crippen molar-refractivity contribution in [2.24, 2.45) is 17.4 Å². The SMILES string of the molecule is NC=C(/C=C\N)CN1CCC(C(=O)N2CCC(n3c(=O)n(CCCC(F)(F)F)c4cc(F)ccc43)CC2)CC1. The number of carbonyl (C=O) groups is 1. The Morgan fingerprint density at radius 3 is 2.33 bits per heavy atom. The Labute approximate surface area is 224 Å². The highest BCUT2D eigenvalue weighted by atomic mass is 19.4. The number of piperidine rings is 2. The van der Waals surface area contributed by atoms with Gasteiger partial charge in [0.25, 0.3) is 0 Å². The fourth-order valence-electron chi connectivity index (χ4n) is 5.74. The summed E-state index contributed by atoms with van der Waals surface area (Å²) in [5.74, 6) is -0.496. The first kappa shape index (κ1) is 28.7. The van der Waals surface area contributed by atoms with E-state index in [0.717, 1.165) is 31.5 Å². The number of aromatic nitrogens is 2. The van der Waals surface area contributed by atoms with E-state index >= 15 is 0 Å². The molecule has 0 saturated carbocycles. The Bertz CT molecular complexity index is 1270. The van der Waals surface area contributed by atoms with Crippen molar-refractivity contribution >= 4 is 16.9 Å². The van der Waals surface area contributed by atoms with Gasteiger partial charge >= 0.3 is 11.9 Å². The summed E-state index contributed by atoms with van der Waals surface area (Å²) in [6.45, 7) is 3.06. The van der Waals surface area contributed by atoms with Gasteiger partial charge in [-0.25, -0.2) is 9.18 Å². The lowest BCUT2D eigenvalue weighted by Gasteiger charge is -2.37. The number of benzene rings is 1. The van der Waals surface area contributed by atoms with Crippen LogP contribution < -0.4 is 17.2 Å². The molecular weight excluding hydrogens is 516 g/mol. The van der Waals surface area contributed by atoms with Gasteiger partial charge in [0.05, 0.1) is 11.0 Å². The fourth-order valence-corrected chi connectivity index (χ4v) is 5.74. The van der Waals surface area contributed by atoms with Crippen molar-refractivity contribution in [2.45, 2.75) is 57.3 Å². The molecule has 1 aromatic carbocycles. The van der Waals surface area contributed by atoms with Gasteiger partial charge in [-0.15, -0.1) is 0 Å². The zero-order chi connectivity index (χ0) is 28.2. The molecule has 3 heterocycles. The van der Waals surface area contributed by atoms with Crippen LogP contribution in [0.15, 0.2) is 47.0 Å². The van der Waals surface area contributed by atoms with Crippen LogP contribution in [0.5, 0.6) is 0 Å². The second-order valence-corrected chi connectivity index (χ2v) is 10.4. The summed E-state index contributed by atoms with van der Waals surface area (Å²) in [6.07, 6.45) is 1.73. The summed E-state index contributed by atoms with van der Waals surface area (Å²) in [7, 11) is 0. The van der Waals surface area contributed by atoms with E-state index in [2.05, 4.69) is 4.90 Å². The molecule has 8 nitrogen and oxygen atoms in total. The fraction of sp³-hybridized carbons (Fsp3) is 0.556. The van der Waals surface area contributed by atoms with Crippen molar-refractivity contribution in [2.75, 3.05) is 32.7 Å². The average molecular weight is 553 g/mol. The molecule has 0 radical (unpaired) electrons. The minimum Gasteiger partial charge on any atom is -0.405 e. The van der Waals surface area contributed by atoms with E-state index in [9.17, 15) is 27.2 Å². The van der Waals surface area contributed by atoms with Gasteiger partial charge in [0.1, 0.15) is 5.82 Å². The quantitative estimate of drug-likeness (QED) is 0.386. The molecule has 214 valence electrons. The van der Waals surface area contributed by atoms with Gasteiger partial charge in [0.15, 0.2) is 0 Å². The third kappa shape index (κ3) is 6.84. The third-order valence-corrected chi connectivity index (χ3v) is 7.78. The maximum atomic E-state index is 14.0. The van der Waals surface area contributed by atoms with Crippen LogP contribution in [0.25, 0.3) is 11.0 Å². The maximum Gasteiger partial charge on any atom is 0.389 e. The number of nitrogens with zero attached hydrogens (tertiary/aromatic N) is 4. The monoisotopic (exact) mass is 552 g/mol. The maximum absolute atomic E-state index is 14.0. The lowest BCUT2D eigenvalue weighted by Crippen LogP contribution is -2.46. The van der Waals surface area contributed by atoms with E-state index in [1.54, 1.807) is 10.6 Å². The molecule has 1 aromatic heterocycles. The highest BCUT2D eigenvalue weighted by Crippen LogP contribution is 2.29. The van der Waals surface area contributed by atoms with E-state index in [4.69, 9.17) is 11.5 Å². The number of hydrogen-bond donors (Lipinski definition) is 2. The number of nitrogens with two attached hydrogens (primary N) is 2. The first-order valence-electron chi connectivity index (χ1n) is 13.4. The van der Waals surface area contributed by atoms with Gasteiger partial charge in [-0.3, -0.25) is 18.8 Å². The molecule has 39 heavy (non-hydrogen) atoms. The second kappa shape index (κ2) is 12.3. The number of likely N-dealkylation sites (tertiary alicyclic amines) is 2. The third-order valence-electron chi connectivity index (χ3n) is 7.78. The molecule has 2 aromatic rings. The summed E-state index contributed by atoms with van der Waals surface area (Å²) in [4.78, 5) is 30.6. The summed E-state index contributed by atoms with van der Waals surface area (Å²) in [6, 6.07) is 3.73. The molecule has 4 N–H and O–H groups in total.